The van der Waals surface area contributed by atoms with Crippen molar-refractivity contribution >= 4 is 15.9 Å². The molecular weight excluding hydrogens is 316 g/mol. The average Bonchev–Trinajstić information content (AvgIpc) is 2.60. The minimum absolute atomic E-state index is 0.120. The van der Waals surface area contributed by atoms with Crippen molar-refractivity contribution in [3.8, 4) is 0 Å². The Morgan fingerprint density at radius 1 is 1.26 bits per heavy atom. The van der Waals surface area contributed by atoms with Gasteiger partial charge in [0, 0.05) is 31.7 Å². The Balaban J connectivity index is 2.27. The van der Waals surface area contributed by atoms with Crippen LogP contribution in [0.5, 0.6) is 0 Å². The molecule has 0 unspecified atom stereocenters. The van der Waals surface area contributed by atoms with Crippen molar-refractivity contribution in [1.82, 2.24) is 9.21 Å². The number of sulfonamides is 1. The van der Waals surface area contributed by atoms with Gasteiger partial charge in [0.2, 0.25) is 10.0 Å². The third kappa shape index (κ3) is 4.10. The highest BCUT2D eigenvalue weighted by Crippen LogP contribution is 2.21. The minimum atomic E-state index is -3.55. The van der Waals surface area contributed by atoms with Gasteiger partial charge in [0.1, 0.15) is 0 Å². The predicted molar refractivity (Wildman–Crippen MR) is 87.7 cm³/mol. The van der Waals surface area contributed by atoms with E-state index in [0.29, 0.717) is 25.2 Å². The standard InChI is InChI=1S/C16H24N2O4S/c1-2-17(11-12-19)16(20)14-7-6-8-15(13-14)23(21,22)18-9-4-3-5-10-18/h6-8,13,19H,2-5,9-12H2,1H3. The van der Waals surface area contributed by atoms with Crippen LogP contribution >= 0.6 is 0 Å². The number of hydrogen-bond acceptors (Lipinski definition) is 4. The molecule has 0 aliphatic carbocycles. The van der Waals surface area contributed by atoms with E-state index in [1.54, 1.807) is 12.1 Å². The van der Waals surface area contributed by atoms with Crippen LogP contribution in [0.1, 0.15) is 36.5 Å². The van der Waals surface area contributed by atoms with E-state index >= 15 is 0 Å². The van der Waals surface area contributed by atoms with Gasteiger partial charge in [-0.3, -0.25) is 4.79 Å². The van der Waals surface area contributed by atoms with Gasteiger partial charge in [0.05, 0.1) is 11.5 Å². The molecule has 1 aromatic carbocycles. The number of carbonyl (C=O) groups is 1. The summed E-state index contributed by atoms with van der Waals surface area (Å²) in [5.41, 5.74) is 0.332. The van der Waals surface area contributed by atoms with Gasteiger partial charge < -0.3 is 10.0 Å². The second kappa shape index (κ2) is 7.90. The molecule has 128 valence electrons. The van der Waals surface area contributed by atoms with E-state index in [2.05, 4.69) is 0 Å². The van der Waals surface area contributed by atoms with Crippen molar-refractivity contribution in [2.75, 3.05) is 32.8 Å². The van der Waals surface area contributed by atoms with Gasteiger partial charge >= 0.3 is 0 Å². The first kappa shape index (κ1) is 17.9. The fourth-order valence-corrected chi connectivity index (χ4v) is 4.31. The lowest BCUT2D eigenvalue weighted by Gasteiger charge is -2.26. The van der Waals surface area contributed by atoms with Crippen molar-refractivity contribution in [3.05, 3.63) is 29.8 Å². The van der Waals surface area contributed by atoms with Crippen LogP contribution < -0.4 is 0 Å². The minimum Gasteiger partial charge on any atom is -0.395 e. The first-order valence-electron chi connectivity index (χ1n) is 8.01. The molecule has 0 aromatic heterocycles. The van der Waals surface area contributed by atoms with Crippen molar-refractivity contribution in [1.29, 1.82) is 0 Å². The molecule has 23 heavy (non-hydrogen) atoms. The number of carbonyl (C=O) groups excluding carboxylic acids is 1. The number of nitrogens with zero attached hydrogens (tertiary/aromatic N) is 2. The van der Waals surface area contributed by atoms with Crippen LogP contribution in [0, 0.1) is 0 Å². The maximum absolute atomic E-state index is 12.7. The van der Waals surface area contributed by atoms with Crippen molar-refractivity contribution in [2.24, 2.45) is 0 Å². The summed E-state index contributed by atoms with van der Waals surface area (Å²) in [5.74, 6) is -0.266. The van der Waals surface area contributed by atoms with E-state index in [-0.39, 0.29) is 24.0 Å². The average molecular weight is 340 g/mol. The molecule has 1 aromatic rings. The zero-order valence-electron chi connectivity index (χ0n) is 13.4. The smallest absolute Gasteiger partial charge is 0.253 e. The monoisotopic (exact) mass is 340 g/mol. The predicted octanol–water partition coefficient (Wildman–Crippen LogP) is 1.32. The first-order chi connectivity index (χ1) is 11.0. The molecular formula is C16H24N2O4S. The van der Waals surface area contributed by atoms with Crippen molar-refractivity contribution < 1.29 is 18.3 Å². The van der Waals surface area contributed by atoms with Gasteiger partial charge in [-0.05, 0) is 38.0 Å². The second-order valence-corrected chi connectivity index (χ2v) is 7.54. The maximum atomic E-state index is 12.7. The molecule has 1 aliphatic heterocycles. The van der Waals surface area contributed by atoms with Crippen LogP contribution in [0.25, 0.3) is 0 Å². The quantitative estimate of drug-likeness (QED) is 0.847. The molecule has 1 amide bonds. The van der Waals surface area contributed by atoms with Gasteiger partial charge in [-0.1, -0.05) is 12.5 Å². The van der Waals surface area contributed by atoms with Gasteiger partial charge in [-0.2, -0.15) is 4.31 Å². The molecule has 2 rings (SSSR count). The molecule has 1 fully saturated rings. The lowest BCUT2D eigenvalue weighted by atomic mass is 10.2. The zero-order valence-corrected chi connectivity index (χ0v) is 14.3. The van der Waals surface area contributed by atoms with Gasteiger partial charge in [-0.15, -0.1) is 0 Å². The van der Waals surface area contributed by atoms with E-state index in [0.717, 1.165) is 19.3 Å². The summed E-state index contributed by atoms with van der Waals surface area (Å²) in [4.78, 5) is 14.1. The summed E-state index contributed by atoms with van der Waals surface area (Å²) in [6, 6.07) is 6.17. The van der Waals surface area contributed by atoms with Crippen molar-refractivity contribution in [3.63, 3.8) is 0 Å². The topological polar surface area (TPSA) is 77.9 Å². The molecule has 1 aliphatic rings. The van der Waals surface area contributed by atoms with Gasteiger partial charge in [0.15, 0.2) is 0 Å². The summed E-state index contributed by atoms with van der Waals surface area (Å²) >= 11 is 0. The number of aliphatic hydroxyl groups excluding tert-OH is 1. The number of rotatable bonds is 6. The van der Waals surface area contributed by atoms with E-state index in [9.17, 15) is 13.2 Å². The number of likely N-dealkylation sites (N-methyl/N-ethyl adjacent to an activating group) is 1. The van der Waals surface area contributed by atoms with E-state index in [1.807, 2.05) is 6.92 Å². The highest BCUT2D eigenvalue weighted by atomic mass is 32.2. The molecule has 0 spiro atoms. The molecule has 0 saturated carbocycles. The normalized spacial score (nSPS) is 16.3. The Hall–Kier alpha value is -1.44. The third-order valence-corrected chi connectivity index (χ3v) is 5.97. The van der Waals surface area contributed by atoms with Crippen LogP contribution in [0.15, 0.2) is 29.2 Å². The summed E-state index contributed by atoms with van der Waals surface area (Å²) in [6.45, 7) is 3.46. The summed E-state index contributed by atoms with van der Waals surface area (Å²) in [5, 5.41) is 9.02. The molecule has 6 nitrogen and oxygen atoms in total. The molecule has 0 bridgehead atoms. The van der Waals surface area contributed by atoms with Crippen LogP contribution in [0.4, 0.5) is 0 Å². The van der Waals surface area contributed by atoms with Crippen LogP contribution in [0.3, 0.4) is 0 Å². The fraction of sp³-hybridized carbons (Fsp3) is 0.562. The molecule has 0 atom stereocenters. The van der Waals surface area contributed by atoms with Crippen LogP contribution in [0.2, 0.25) is 0 Å². The lowest BCUT2D eigenvalue weighted by Crippen LogP contribution is -2.36. The van der Waals surface area contributed by atoms with E-state index in [1.165, 1.54) is 21.3 Å². The SMILES string of the molecule is CCN(CCO)C(=O)c1cccc(S(=O)(=O)N2CCCCC2)c1. The highest BCUT2D eigenvalue weighted by molar-refractivity contribution is 7.89. The Kier molecular flexibility index (Phi) is 6.15. The summed E-state index contributed by atoms with van der Waals surface area (Å²) in [6.07, 6.45) is 2.80. The number of aliphatic hydroxyl groups is 1. The second-order valence-electron chi connectivity index (χ2n) is 5.60. The lowest BCUT2D eigenvalue weighted by molar-refractivity contribution is 0.0731. The Bertz CT molecular complexity index is 639. The largest absolute Gasteiger partial charge is 0.395 e. The van der Waals surface area contributed by atoms with Gasteiger partial charge in [0.25, 0.3) is 5.91 Å². The number of piperidine rings is 1. The molecule has 0 radical (unpaired) electrons. The number of amides is 1. The zero-order chi connectivity index (χ0) is 16.9. The van der Waals surface area contributed by atoms with Crippen LogP contribution in [-0.4, -0.2) is 61.4 Å². The van der Waals surface area contributed by atoms with E-state index < -0.39 is 10.0 Å². The van der Waals surface area contributed by atoms with Crippen LogP contribution in [-0.2, 0) is 10.0 Å². The Morgan fingerprint density at radius 2 is 1.96 bits per heavy atom. The number of benzene rings is 1. The summed E-state index contributed by atoms with van der Waals surface area (Å²) in [7, 11) is -3.55. The molecule has 1 heterocycles. The van der Waals surface area contributed by atoms with E-state index in [4.69, 9.17) is 5.11 Å². The third-order valence-electron chi connectivity index (χ3n) is 4.07. The van der Waals surface area contributed by atoms with Gasteiger partial charge in [-0.25, -0.2) is 8.42 Å². The first-order valence-corrected chi connectivity index (χ1v) is 9.45. The molecule has 1 saturated heterocycles. The highest BCUT2D eigenvalue weighted by Gasteiger charge is 2.26. The van der Waals surface area contributed by atoms with Crippen molar-refractivity contribution in [2.45, 2.75) is 31.1 Å². The maximum Gasteiger partial charge on any atom is 0.253 e. The Labute approximate surface area is 137 Å². The Morgan fingerprint density at radius 3 is 2.57 bits per heavy atom. The summed E-state index contributed by atoms with van der Waals surface area (Å²) < 4.78 is 26.9. The molecule has 7 heteroatoms. The fourth-order valence-electron chi connectivity index (χ4n) is 2.75. The number of hydrogen-bond donors (Lipinski definition) is 1. The molecule has 1 N–H and O–H groups in total.